The first kappa shape index (κ1) is 23.6. The third kappa shape index (κ3) is 4.89. The second-order valence-corrected chi connectivity index (χ2v) is 7.82. The summed E-state index contributed by atoms with van der Waals surface area (Å²) in [5.74, 6) is -0.623. The molecule has 3 aromatic rings. The molecule has 7 heteroatoms. The van der Waals surface area contributed by atoms with Crippen molar-refractivity contribution >= 4 is 23.4 Å². The van der Waals surface area contributed by atoms with Crippen molar-refractivity contribution < 1.29 is 34.0 Å². The fraction of sp³-hybridized carbons (Fsp3) is 0.143. The summed E-state index contributed by atoms with van der Waals surface area (Å²) in [4.78, 5) is 26.3. The molecule has 178 valence electrons. The summed E-state index contributed by atoms with van der Waals surface area (Å²) in [5, 5.41) is 21.3. The van der Waals surface area contributed by atoms with Gasteiger partial charge in [-0.15, -0.1) is 0 Å². The molecule has 1 unspecified atom stereocenters. The number of fused-ring (bicyclic) bond motifs is 1. The van der Waals surface area contributed by atoms with E-state index in [-0.39, 0.29) is 46.1 Å². The predicted molar refractivity (Wildman–Crippen MR) is 131 cm³/mol. The average molecular weight is 472 g/mol. The number of benzene rings is 3. The number of phenolic OH excluding ortho intramolecular Hbond substituents is 1. The maximum atomic E-state index is 13.3. The van der Waals surface area contributed by atoms with Gasteiger partial charge in [0, 0.05) is 12.1 Å². The van der Waals surface area contributed by atoms with Gasteiger partial charge in [-0.1, -0.05) is 48.5 Å². The number of phenols is 1. The number of ether oxygens (including phenoxy) is 3. The van der Waals surface area contributed by atoms with Crippen molar-refractivity contribution in [2.45, 2.75) is 12.5 Å². The summed E-state index contributed by atoms with van der Waals surface area (Å²) in [7, 11) is 2.90. The van der Waals surface area contributed by atoms with Gasteiger partial charge in [-0.2, -0.15) is 0 Å². The topological polar surface area (TPSA) is 102 Å². The highest BCUT2D eigenvalue weighted by molar-refractivity contribution is 6.13. The van der Waals surface area contributed by atoms with E-state index >= 15 is 0 Å². The molecule has 4 rings (SSSR count). The van der Waals surface area contributed by atoms with E-state index in [4.69, 9.17) is 14.2 Å². The van der Waals surface area contributed by atoms with E-state index in [2.05, 4.69) is 0 Å². The molecular weight excluding hydrogens is 448 g/mol. The lowest BCUT2D eigenvalue weighted by atomic mass is 9.91. The van der Waals surface area contributed by atoms with E-state index in [1.807, 2.05) is 30.3 Å². The number of carbonyl (C=O) groups is 2. The SMILES string of the molecule is COc1cc(OC)c2c(c1)OC(CC(=O)c1ccccc1O)C(C(=O)/C=C/c1ccccc1)=C2O. The third-order valence-electron chi connectivity index (χ3n) is 5.65. The Morgan fingerprint density at radius 1 is 0.971 bits per heavy atom. The molecule has 1 atom stereocenters. The minimum atomic E-state index is -1.11. The Balaban J connectivity index is 1.78. The van der Waals surface area contributed by atoms with Crippen LogP contribution in [0.3, 0.4) is 0 Å². The highest BCUT2D eigenvalue weighted by Gasteiger charge is 2.36. The first-order valence-electron chi connectivity index (χ1n) is 10.9. The second-order valence-electron chi connectivity index (χ2n) is 7.82. The molecule has 1 aliphatic rings. The van der Waals surface area contributed by atoms with Gasteiger partial charge in [0.05, 0.1) is 31.8 Å². The molecule has 1 aliphatic heterocycles. The maximum absolute atomic E-state index is 13.3. The smallest absolute Gasteiger partial charge is 0.189 e. The number of hydrogen-bond donors (Lipinski definition) is 2. The molecule has 35 heavy (non-hydrogen) atoms. The van der Waals surface area contributed by atoms with E-state index in [0.29, 0.717) is 5.75 Å². The minimum Gasteiger partial charge on any atom is -0.507 e. The largest absolute Gasteiger partial charge is 0.507 e. The zero-order valence-electron chi connectivity index (χ0n) is 19.2. The number of rotatable bonds is 8. The lowest BCUT2D eigenvalue weighted by molar-refractivity contribution is -0.112. The number of para-hydroxylation sites is 1. The highest BCUT2D eigenvalue weighted by Crippen LogP contribution is 2.44. The zero-order valence-corrected chi connectivity index (χ0v) is 19.2. The van der Waals surface area contributed by atoms with Crippen LogP contribution in [-0.4, -0.2) is 42.1 Å². The molecule has 3 aromatic carbocycles. The van der Waals surface area contributed by atoms with Crippen molar-refractivity contribution in [1.29, 1.82) is 0 Å². The van der Waals surface area contributed by atoms with Gasteiger partial charge in [0.1, 0.15) is 40.4 Å². The van der Waals surface area contributed by atoms with Gasteiger partial charge < -0.3 is 24.4 Å². The molecule has 0 spiro atoms. The number of carbonyl (C=O) groups excluding carboxylic acids is 2. The summed E-state index contributed by atoms with van der Waals surface area (Å²) < 4.78 is 16.8. The number of allylic oxidation sites excluding steroid dienone is 1. The molecule has 1 heterocycles. The Morgan fingerprint density at radius 2 is 1.69 bits per heavy atom. The van der Waals surface area contributed by atoms with Crippen molar-refractivity contribution in [2.75, 3.05) is 14.2 Å². The molecule has 0 fully saturated rings. The van der Waals surface area contributed by atoms with Crippen LogP contribution in [0.5, 0.6) is 23.0 Å². The lowest BCUT2D eigenvalue weighted by Crippen LogP contribution is -2.31. The minimum absolute atomic E-state index is 0.0862. The van der Waals surface area contributed by atoms with Crippen LogP contribution in [0.4, 0.5) is 0 Å². The van der Waals surface area contributed by atoms with Crippen molar-refractivity contribution in [3.8, 4) is 23.0 Å². The summed E-state index contributed by atoms with van der Waals surface area (Å²) in [6.45, 7) is 0. The van der Waals surface area contributed by atoms with Crippen molar-refractivity contribution in [1.82, 2.24) is 0 Å². The maximum Gasteiger partial charge on any atom is 0.189 e. The number of Topliss-reactive ketones (excluding diaryl/α,β-unsaturated/α-hetero) is 1. The Bertz CT molecular complexity index is 1320. The van der Waals surface area contributed by atoms with Gasteiger partial charge in [0.2, 0.25) is 0 Å². The number of methoxy groups -OCH3 is 2. The molecule has 0 saturated carbocycles. The summed E-state index contributed by atoms with van der Waals surface area (Å²) in [6.07, 6.45) is 1.54. The van der Waals surface area contributed by atoms with Crippen molar-refractivity contribution in [2.24, 2.45) is 0 Å². The average Bonchev–Trinajstić information content (AvgIpc) is 2.87. The summed E-state index contributed by atoms with van der Waals surface area (Å²) in [6, 6.07) is 18.4. The van der Waals surface area contributed by atoms with Crippen LogP contribution in [0.1, 0.15) is 27.9 Å². The third-order valence-corrected chi connectivity index (χ3v) is 5.65. The second kappa shape index (κ2) is 10.2. The van der Waals surface area contributed by atoms with Crippen LogP contribution >= 0.6 is 0 Å². The van der Waals surface area contributed by atoms with E-state index in [1.165, 1.54) is 32.4 Å². The van der Waals surface area contributed by atoms with E-state index in [0.717, 1.165) is 5.56 Å². The Kier molecular flexibility index (Phi) is 6.87. The van der Waals surface area contributed by atoms with Crippen LogP contribution in [0, 0.1) is 0 Å². The van der Waals surface area contributed by atoms with E-state index in [1.54, 1.807) is 30.3 Å². The Labute approximate surface area is 202 Å². The Hall–Kier alpha value is -4.52. The van der Waals surface area contributed by atoms with Crippen LogP contribution in [0.2, 0.25) is 0 Å². The standard InChI is InChI=1S/C28H24O7/c1-33-18-14-23(34-2)27-24(15-18)35-25(16-22(31)19-10-6-7-11-20(19)29)26(28(27)32)21(30)13-12-17-8-4-3-5-9-17/h3-15,25,29,32H,16H2,1-2H3/b13-12+. The highest BCUT2D eigenvalue weighted by atomic mass is 16.5. The summed E-state index contributed by atoms with van der Waals surface area (Å²) in [5.41, 5.74) is 0.992. The van der Waals surface area contributed by atoms with Gasteiger partial charge in [0.15, 0.2) is 11.6 Å². The molecular formula is C28H24O7. The Morgan fingerprint density at radius 3 is 2.37 bits per heavy atom. The van der Waals surface area contributed by atoms with Crippen molar-refractivity contribution in [3.63, 3.8) is 0 Å². The number of aliphatic hydroxyl groups is 1. The first-order chi connectivity index (χ1) is 16.9. The van der Waals surface area contributed by atoms with Gasteiger partial charge in [-0.25, -0.2) is 0 Å². The van der Waals surface area contributed by atoms with Crippen LogP contribution < -0.4 is 14.2 Å². The molecule has 0 aliphatic carbocycles. The molecule has 0 saturated heterocycles. The molecule has 0 amide bonds. The van der Waals surface area contributed by atoms with Crippen LogP contribution in [0.25, 0.3) is 11.8 Å². The zero-order chi connectivity index (χ0) is 24.9. The predicted octanol–water partition coefficient (Wildman–Crippen LogP) is 5.00. The fourth-order valence-electron chi connectivity index (χ4n) is 3.90. The monoisotopic (exact) mass is 472 g/mol. The molecule has 7 nitrogen and oxygen atoms in total. The van der Waals surface area contributed by atoms with Crippen LogP contribution in [0.15, 0.2) is 78.4 Å². The van der Waals surface area contributed by atoms with Crippen molar-refractivity contribution in [3.05, 3.63) is 95.1 Å². The van der Waals surface area contributed by atoms with E-state index < -0.39 is 17.7 Å². The van der Waals surface area contributed by atoms with Gasteiger partial charge in [-0.3, -0.25) is 9.59 Å². The lowest BCUT2D eigenvalue weighted by Gasteiger charge is -2.29. The molecule has 0 aromatic heterocycles. The van der Waals surface area contributed by atoms with Gasteiger partial charge >= 0.3 is 0 Å². The number of hydrogen-bond acceptors (Lipinski definition) is 7. The molecule has 0 radical (unpaired) electrons. The van der Waals surface area contributed by atoms with Gasteiger partial charge in [0.25, 0.3) is 0 Å². The first-order valence-corrected chi connectivity index (χ1v) is 10.9. The number of aromatic hydroxyl groups is 1. The normalized spacial score (nSPS) is 14.9. The van der Waals surface area contributed by atoms with Crippen LogP contribution in [-0.2, 0) is 4.79 Å². The molecule has 2 N–H and O–H groups in total. The number of ketones is 2. The quantitative estimate of drug-likeness (QED) is 0.352. The van der Waals surface area contributed by atoms with E-state index in [9.17, 15) is 19.8 Å². The molecule has 0 bridgehead atoms. The fourth-order valence-corrected chi connectivity index (χ4v) is 3.90. The summed E-state index contributed by atoms with van der Waals surface area (Å²) >= 11 is 0. The number of aliphatic hydroxyl groups excluding tert-OH is 1. The van der Waals surface area contributed by atoms with Gasteiger partial charge in [-0.05, 0) is 23.8 Å².